The molecule has 0 spiro atoms. The molecule has 0 aromatic carbocycles. The van der Waals surface area contributed by atoms with Gasteiger partial charge >= 0.3 is 0 Å². The molecule has 1 aromatic rings. The average Bonchev–Trinajstić information content (AvgIpc) is 2.82. The van der Waals surface area contributed by atoms with Gasteiger partial charge in [-0.15, -0.1) is 0 Å². The lowest BCUT2D eigenvalue weighted by Crippen LogP contribution is -2.22. The maximum absolute atomic E-state index is 4.23. The van der Waals surface area contributed by atoms with Crippen LogP contribution in [0.2, 0.25) is 0 Å². The molecular weight excluding hydrogens is 234 g/mol. The van der Waals surface area contributed by atoms with Crippen molar-refractivity contribution in [3.8, 4) is 0 Å². The van der Waals surface area contributed by atoms with Crippen LogP contribution in [0.15, 0.2) is 12.5 Å². The fourth-order valence-electron chi connectivity index (χ4n) is 2.61. The lowest BCUT2D eigenvalue weighted by molar-refractivity contribution is 0.458. The summed E-state index contributed by atoms with van der Waals surface area (Å²) in [4.78, 5) is 4.23. The second-order valence-electron chi connectivity index (χ2n) is 5.45. The Morgan fingerprint density at radius 1 is 1.11 bits per heavy atom. The molecule has 1 N–H and O–H groups in total. The molecule has 0 aliphatic heterocycles. The molecule has 1 atom stereocenters. The van der Waals surface area contributed by atoms with Gasteiger partial charge in [0.15, 0.2) is 0 Å². The molecule has 110 valence electrons. The van der Waals surface area contributed by atoms with Crippen molar-refractivity contribution in [3.63, 3.8) is 0 Å². The van der Waals surface area contributed by atoms with E-state index in [1.807, 2.05) is 12.5 Å². The van der Waals surface area contributed by atoms with Crippen molar-refractivity contribution < 1.29 is 0 Å². The van der Waals surface area contributed by atoms with E-state index in [1.54, 1.807) is 0 Å². The number of aryl methyl sites for hydroxylation is 1. The van der Waals surface area contributed by atoms with E-state index in [2.05, 4.69) is 35.8 Å². The number of hydrogen-bond donors (Lipinski definition) is 1. The number of nitrogens with zero attached hydrogens (tertiary/aromatic N) is 2. The van der Waals surface area contributed by atoms with Gasteiger partial charge in [-0.05, 0) is 13.0 Å². The number of imidazole rings is 1. The molecule has 1 rings (SSSR count). The average molecular weight is 265 g/mol. The summed E-state index contributed by atoms with van der Waals surface area (Å²) < 4.78 is 2.13. The fraction of sp³-hybridized carbons (Fsp3) is 0.812. The summed E-state index contributed by atoms with van der Waals surface area (Å²) in [5, 5.41) is 3.58. The minimum Gasteiger partial charge on any atom is -0.336 e. The monoisotopic (exact) mass is 265 g/mol. The third kappa shape index (κ3) is 6.24. The summed E-state index contributed by atoms with van der Waals surface area (Å²) in [6.45, 7) is 5.47. The van der Waals surface area contributed by atoms with Gasteiger partial charge in [-0.3, -0.25) is 0 Å². The van der Waals surface area contributed by atoms with Gasteiger partial charge in [0, 0.05) is 19.3 Å². The van der Waals surface area contributed by atoms with E-state index in [9.17, 15) is 0 Å². The summed E-state index contributed by atoms with van der Waals surface area (Å²) in [5.41, 5.74) is 1.31. The quantitative estimate of drug-likeness (QED) is 0.607. The molecule has 0 aliphatic carbocycles. The molecule has 3 nitrogen and oxygen atoms in total. The third-order valence-corrected chi connectivity index (χ3v) is 3.76. The van der Waals surface area contributed by atoms with Crippen LogP contribution in [0.5, 0.6) is 0 Å². The first-order valence-corrected chi connectivity index (χ1v) is 7.99. The standard InChI is InChI=1S/C16H31N3/c1-4-6-7-8-9-10-11-12-15(18-5-2)16-13-17-14-19(16)3/h13-15,18H,4-12H2,1-3H3. The number of aromatic nitrogens is 2. The van der Waals surface area contributed by atoms with E-state index >= 15 is 0 Å². The second kappa shape index (κ2) is 10.0. The topological polar surface area (TPSA) is 29.9 Å². The highest BCUT2D eigenvalue weighted by Gasteiger charge is 2.12. The largest absolute Gasteiger partial charge is 0.336 e. The highest BCUT2D eigenvalue weighted by atomic mass is 15.1. The molecule has 1 aromatic heterocycles. The normalized spacial score (nSPS) is 12.8. The van der Waals surface area contributed by atoms with Crippen LogP contribution in [0, 0.1) is 0 Å². The van der Waals surface area contributed by atoms with Gasteiger partial charge in [0.05, 0.1) is 12.0 Å². The van der Waals surface area contributed by atoms with Gasteiger partial charge in [0.2, 0.25) is 0 Å². The molecule has 0 amide bonds. The van der Waals surface area contributed by atoms with Crippen LogP contribution in [-0.2, 0) is 7.05 Å². The summed E-state index contributed by atoms with van der Waals surface area (Å²) in [7, 11) is 2.08. The molecule has 1 unspecified atom stereocenters. The van der Waals surface area contributed by atoms with Crippen LogP contribution >= 0.6 is 0 Å². The summed E-state index contributed by atoms with van der Waals surface area (Å²) in [6, 6.07) is 0.466. The first-order chi connectivity index (χ1) is 9.29. The summed E-state index contributed by atoms with van der Waals surface area (Å²) in [5.74, 6) is 0. The molecule has 1 heterocycles. The molecule has 0 saturated heterocycles. The molecule has 0 radical (unpaired) electrons. The zero-order chi connectivity index (χ0) is 13.9. The minimum absolute atomic E-state index is 0.466. The van der Waals surface area contributed by atoms with Crippen LogP contribution in [0.4, 0.5) is 0 Å². The fourth-order valence-corrected chi connectivity index (χ4v) is 2.61. The van der Waals surface area contributed by atoms with E-state index in [1.165, 1.54) is 57.1 Å². The third-order valence-electron chi connectivity index (χ3n) is 3.76. The maximum Gasteiger partial charge on any atom is 0.0946 e. The lowest BCUT2D eigenvalue weighted by Gasteiger charge is -2.18. The smallest absolute Gasteiger partial charge is 0.0946 e. The van der Waals surface area contributed by atoms with E-state index in [-0.39, 0.29) is 0 Å². The van der Waals surface area contributed by atoms with E-state index < -0.39 is 0 Å². The van der Waals surface area contributed by atoms with Crippen molar-refractivity contribution in [2.24, 2.45) is 7.05 Å². The molecule has 3 heteroatoms. The first-order valence-electron chi connectivity index (χ1n) is 7.99. The zero-order valence-corrected chi connectivity index (χ0v) is 13.0. The Morgan fingerprint density at radius 2 is 1.79 bits per heavy atom. The Hall–Kier alpha value is -0.830. The Labute approximate surface area is 118 Å². The molecule has 0 aliphatic rings. The predicted octanol–water partition coefficient (Wildman–Crippen LogP) is 4.21. The van der Waals surface area contributed by atoms with Gasteiger partial charge in [0.25, 0.3) is 0 Å². The van der Waals surface area contributed by atoms with Crippen molar-refractivity contribution in [2.45, 2.75) is 71.3 Å². The highest BCUT2D eigenvalue weighted by molar-refractivity contribution is 5.04. The van der Waals surface area contributed by atoms with E-state index in [0.717, 1.165) is 6.54 Å². The van der Waals surface area contributed by atoms with Gasteiger partial charge < -0.3 is 9.88 Å². The van der Waals surface area contributed by atoms with Crippen molar-refractivity contribution in [2.75, 3.05) is 6.54 Å². The molecule has 0 saturated carbocycles. The Morgan fingerprint density at radius 3 is 2.37 bits per heavy atom. The SMILES string of the molecule is CCCCCCCCCC(NCC)c1cncn1C. The summed E-state index contributed by atoms with van der Waals surface area (Å²) >= 11 is 0. The molecule has 0 fully saturated rings. The van der Waals surface area contributed by atoms with Crippen molar-refractivity contribution in [3.05, 3.63) is 18.2 Å². The Kier molecular flexibility index (Phi) is 8.55. The molecule has 0 bridgehead atoms. The number of nitrogens with one attached hydrogen (secondary N) is 1. The van der Waals surface area contributed by atoms with Crippen LogP contribution in [0.25, 0.3) is 0 Å². The van der Waals surface area contributed by atoms with Gasteiger partial charge in [0.1, 0.15) is 0 Å². The number of unbranched alkanes of at least 4 members (excludes halogenated alkanes) is 6. The number of rotatable bonds is 11. The van der Waals surface area contributed by atoms with Crippen LogP contribution in [0.1, 0.15) is 76.9 Å². The van der Waals surface area contributed by atoms with E-state index in [4.69, 9.17) is 0 Å². The summed E-state index contributed by atoms with van der Waals surface area (Å²) in [6.07, 6.45) is 14.7. The van der Waals surface area contributed by atoms with E-state index in [0.29, 0.717) is 6.04 Å². The van der Waals surface area contributed by atoms with Crippen LogP contribution in [-0.4, -0.2) is 16.1 Å². The van der Waals surface area contributed by atoms with Crippen molar-refractivity contribution in [1.29, 1.82) is 0 Å². The minimum atomic E-state index is 0.466. The van der Waals surface area contributed by atoms with Gasteiger partial charge in [-0.1, -0.05) is 58.8 Å². The van der Waals surface area contributed by atoms with Gasteiger partial charge in [-0.25, -0.2) is 4.98 Å². The first kappa shape index (κ1) is 16.2. The van der Waals surface area contributed by atoms with Crippen LogP contribution in [0.3, 0.4) is 0 Å². The lowest BCUT2D eigenvalue weighted by atomic mass is 10.0. The number of hydrogen-bond acceptors (Lipinski definition) is 2. The van der Waals surface area contributed by atoms with Crippen LogP contribution < -0.4 is 5.32 Å². The second-order valence-corrected chi connectivity index (χ2v) is 5.45. The molecule has 19 heavy (non-hydrogen) atoms. The molecular formula is C16H31N3. The van der Waals surface area contributed by atoms with Crippen molar-refractivity contribution in [1.82, 2.24) is 14.9 Å². The van der Waals surface area contributed by atoms with Crippen molar-refractivity contribution >= 4 is 0 Å². The highest BCUT2D eigenvalue weighted by Crippen LogP contribution is 2.19. The predicted molar refractivity (Wildman–Crippen MR) is 82.2 cm³/mol. The van der Waals surface area contributed by atoms with Gasteiger partial charge in [-0.2, -0.15) is 0 Å². The zero-order valence-electron chi connectivity index (χ0n) is 13.0. The Balaban J connectivity index is 2.22. The Bertz CT molecular complexity index is 320. The maximum atomic E-state index is 4.23.